The molecule has 0 fully saturated rings. The molecule has 0 aliphatic heterocycles. The minimum Gasteiger partial charge on any atom is -0.260 e. The van der Waals surface area contributed by atoms with Gasteiger partial charge in [0.15, 0.2) is 0 Å². The Hall–Kier alpha value is -0.570. The molecule has 1 heterocycles. The highest BCUT2D eigenvalue weighted by atomic mass is 32.2. The number of hydrogen-bond donors (Lipinski definition) is 1. The van der Waals surface area contributed by atoms with E-state index in [0.29, 0.717) is 0 Å². The first-order chi connectivity index (χ1) is 4.30. The summed E-state index contributed by atoms with van der Waals surface area (Å²) in [5, 5.41) is 1.12. The van der Waals surface area contributed by atoms with E-state index in [1.807, 2.05) is 6.20 Å². The van der Waals surface area contributed by atoms with Gasteiger partial charge in [-0.25, -0.2) is 15.9 Å². The summed E-state index contributed by atoms with van der Waals surface area (Å²) in [6, 6.07) is 0. The average Bonchev–Trinajstić information content (AvgIpc) is 1.90. The lowest BCUT2D eigenvalue weighted by Crippen LogP contribution is -1.83. The SMILES string of the molecule is C[SH](C)c1cnccn1. The summed E-state index contributed by atoms with van der Waals surface area (Å²) in [7, 11) is -0.0692. The lowest BCUT2D eigenvalue weighted by atomic mass is 10.8. The molecule has 0 saturated carbocycles. The van der Waals surface area contributed by atoms with E-state index in [1.54, 1.807) is 12.4 Å². The lowest BCUT2D eigenvalue weighted by Gasteiger charge is -2.04. The third-order valence-corrected chi connectivity index (χ3v) is 2.16. The zero-order chi connectivity index (χ0) is 6.69. The van der Waals surface area contributed by atoms with Gasteiger partial charge in [-0.05, 0) is 12.5 Å². The standard InChI is InChI=1S/C6H10N2S/c1-9(2)6-5-7-3-4-8-6/h3-5,9H,1-2H3. The molecule has 0 bridgehead atoms. The summed E-state index contributed by atoms with van der Waals surface area (Å²) in [5.41, 5.74) is 0. The number of hydrogen-bond acceptors (Lipinski definition) is 2. The highest BCUT2D eigenvalue weighted by Crippen LogP contribution is 2.23. The minimum atomic E-state index is -0.0692. The molecule has 3 heteroatoms. The van der Waals surface area contributed by atoms with Crippen LogP contribution in [0.5, 0.6) is 0 Å². The smallest absolute Gasteiger partial charge is 0.0943 e. The minimum absolute atomic E-state index is 0.0692. The van der Waals surface area contributed by atoms with Crippen molar-refractivity contribution in [1.82, 2.24) is 9.97 Å². The Balaban J connectivity index is 2.85. The summed E-state index contributed by atoms with van der Waals surface area (Å²) in [4.78, 5) is 8.10. The molecule has 0 aromatic carbocycles. The Morgan fingerprint density at radius 3 is 2.44 bits per heavy atom. The Kier molecular flexibility index (Phi) is 2.05. The van der Waals surface area contributed by atoms with Crippen molar-refractivity contribution in [2.24, 2.45) is 0 Å². The van der Waals surface area contributed by atoms with Crippen LogP contribution in [0.25, 0.3) is 0 Å². The fourth-order valence-electron chi connectivity index (χ4n) is 0.522. The Morgan fingerprint density at radius 1 is 1.33 bits per heavy atom. The molecule has 1 aromatic rings. The monoisotopic (exact) mass is 142 g/mol. The van der Waals surface area contributed by atoms with Crippen molar-refractivity contribution in [3.63, 3.8) is 0 Å². The van der Waals surface area contributed by atoms with Gasteiger partial charge in [0.2, 0.25) is 0 Å². The fraction of sp³-hybridized carbons (Fsp3) is 0.333. The second kappa shape index (κ2) is 2.82. The molecular formula is C6H10N2S. The van der Waals surface area contributed by atoms with E-state index < -0.39 is 0 Å². The highest BCUT2D eigenvalue weighted by molar-refractivity contribution is 8.15. The molecule has 50 valence electrons. The van der Waals surface area contributed by atoms with Gasteiger partial charge in [0, 0.05) is 12.4 Å². The van der Waals surface area contributed by atoms with Crippen molar-refractivity contribution < 1.29 is 0 Å². The zero-order valence-corrected chi connectivity index (χ0v) is 6.47. The first-order valence-electron chi connectivity index (χ1n) is 2.74. The third-order valence-electron chi connectivity index (χ3n) is 1.01. The molecule has 0 atom stereocenters. The molecule has 0 N–H and O–H groups in total. The first-order valence-corrected chi connectivity index (χ1v) is 4.97. The molecule has 1 rings (SSSR count). The van der Waals surface area contributed by atoms with E-state index in [4.69, 9.17) is 0 Å². The Bertz CT molecular complexity index is 174. The Labute approximate surface area is 57.7 Å². The fourth-order valence-corrected chi connectivity index (χ4v) is 1.12. The summed E-state index contributed by atoms with van der Waals surface area (Å²) in [6.07, 6.45) is 9.59. The molecule has 0 spiro atoms. The third kappa shape index (κ3) is 1.68. The van der Waals surface area contributed by atoms with E-state index in [9.17, 15) is 0 Å². The predicted molar refractivity (Wildman–Crippen MR) is 41.1 cm³/mol. The van der Waals surface area contributed by atoms with Gasteiger partial charge in [0.05, 0.1) is 11.2 Å². The van der Waals surface area contributed by atoms with E-state index in [2.05, 4.69) is 22.5 Å². The topological polar surface area (TPSA) is 25.8 Å². The zero-order valence-electron chi connectivity index (χ0n) is 5.57. The normalized spacial score (nSPS) is 11.1. The van der Waals surface area contributed by atoms with Crippen LogP contribution in [0.15, 0.2) is 23.6 Å². The van der Waals surface area contributed by atoms with Crippen molar-refractivity contribution in [3.05, 3.63) is 18.6 Å². The van der Waals surface area contributed by atoms with Crippen LogP contribution in [0.3, 0.4) is 0 Å². The van der Waals surface area contributed by atoms with E-state index in [-0.39, 0.29) is 10.9 Å². The van der Waals surface area contributed by atoms with Crippen LogP contribution in [0.4, 0.5) is 0 Å². The summed E-state index contributed by atoms with van der Waals surface area (Å²) < 4.78 is 0. The molecule has 9 heavy (non-hydrogen) atoms. The van der Waals surface area contributed by atoms with E-state index in [1.165, 1.54) is 0 Å². The Morgan fingerprint density at radius 2 is 2.11 bits per heavy atom. The quantitative estimate of drug-likeness (QED) is 0.594. The maximum absolute atomic E-state index is 4.14. The van der Waals surface area contributed by atoms with Crippen LogP contribution in [0, 0.1) is 0 Å². The van der Waals surface area contributed by atoms with Crippen molar-refractivity contribution in [2.45, 2.75) is 5.03 Å². The molecule has 0 saturated heterocycles. The van der Waals surface area contributed by atoms with Gasteiger partial charge >= 0.3 is 0 Å². The van der Waals surface area contributed by atoms with Gasteiger partial charge in [0.25, 0.3) is 0 Å². The number of rotatable bonds is 1. The molecule has 0 aliphatic carbocycles. The number of thiol groups is 1. The van der Waals surface area contributed by atoms with Crippen LogP contribution in [0.2, 0.25) is 0 Å². The highest BCUT2D eigenvalue weighted by Gasteiger charge is 1.91. The lowest BCUT2D eigenvalue weighted by molar-refractivity contribution is 1.05. The van der Waals surface area contributed by atoms with Crippen molar-refractivity contribution in [2.75, 3.05) is 12.5 Å². The van der Waals surface area contributed by atoms with Crippen molar-refractivity contribution in [1.29, 1.82) is 0 Å². The van der Waals surface area contributed by atoms with Crippen LogP contribution < -0.4 is 0 Å². The van der Waals surface area contributed by atoms with Crippen LogP contribution in [-0.2, 0) is 0 Å². The molecule has 0 radical (unpaired) electrons. The van der Waals surface area contributed by atoms with Gasteiger partial charge in [-0.2, -0.15) is 0 Å². The maximum atomic E-state index is 4.14. The summed E-state index contributed by atoms with van der Waals surface area (Å²) in [5.74, 6) is 0. The van der Waals surface area contributed by atoms with Crippen LogP contribution in [-0.4, -0.2) is 22.5 Å². The van der Waals surface area contributed by atoms with Gasteiger partial charge in [-0.3, -0.25) is 4.98 Å². The van der Waals surface area contributed by atoms with Crippen molar-refractivity contribution in [3.8, 4) is 0 Å². The van der Waals surface area contributed by atoms with Gasteiger partial charge in [-0.1, -0.05) is 0 Å². The molecule has 0 amide bonds. The van der Waals surface area contributed by atoms with E-state index in [0.717, 1.165) is 5.03 Å². The molecular weight excluding hydrogens is 132 g/mol. The molecule has 0 unspecified atom stereocenters. The van der Waals surface area contributed by atoms with Crippen LogP contribution >= 0.6 is 10.9 Å². The second-order valence-corrected chi connectivity index (χ2v) is 4.21. The van der Waals surface area contributed by atoms with Crippen LogP contribution in [0.1, 0.15) is 0 Å². The molecule has 0 aliphatic rings. The number of nitrogens with zero attached hydrogens (tertiary/aromatic N) is 2. The second-order valence-electron chi connectivity index (χ2n) is 1.96. The largest absolute Gasteiger partial charge is 0.260 e. The predicted octanol–water partition coefficient (Wildman–Crippen LogP) is 1.10. The first kappa shape index (κ1) is 6.55. The molecule has 1 aromatic heterocycles. The van der Waals surface area contributed by atoms with Gasteiger partial charge in [-0.15, -0.1) is 0 Å². The summed E-state index contributed by atoms with van der Waals surface area (Å²) >= 11 is 0. The maximum Gasteiger partial charge on any atom is 0.0943 e. The van der Waals surface area contributed by atoms with Gasteiger partial charge < -0.3 is 0 Å². The van der Waals surface area contributed by atoms with Crippen molar-refractivity contribution >= 4 is 10.9 Å². The summed E-state index contributed by atoms with van der Waals surface area (Å²) in [6.45, 7) is 0. The molecule has 2 nitrogen and oxygen atoms in total. The number of aromatic nitrogens is 2. The van der Waals surface area contributed by atoms with Gasteiger partial charge in [0.1, 0.15) is 0 Å². The van der Waals surface area contributed by atoms with E-state index >= 15 is 0 Å². The average molecular weight is 142 g/mol.